The molecule has 2 fully saturated rings. The lowest BCUT2D eigenvalue weighted by molar-refractivity contribution is -0.139. The Kier molecular flexibility index (Phi) is 9.13. The van der Waals surface area contributed by atoms with Crippen molar-refractivity contribution in [2.75, 3.05) is 0 Å². The summed E-state index contributed by atoms with van der Waals surface area (Å²) in [6.07, 6.45) is 17.8. The van der Waals surface area contributed by atoms with Crippen LogP contribution in [0.2, 0.25) is 0 Å². The third-order valence-corrected chi connectivity index (χ3v) is 7.73. The molecule has 0 amide bonds. The van der Waals surface area contributed by atoms with Crippen LogP contribution in [-0.2, 0) is 4.79 Å². The zero-order valence-corrected chi connectivity index (χ0v) is 17.7. The molecule has 0 aromatic rings. The SMILES string of the molecule is CCCCCCCC1(C2CC(C#N)CCC2C(C)CC(=O)O)CCCCC1. The molecule has 2 rings (SSSR count). The van der Waals surface area contributed by atoms with Gasteiger partial charge in [-0.15, -0.1) is 0 Å². The van der Waals surface area contributed by atoms with Crippen molar-refractivity contribution in [3.05, 3.63) is 0 Å². The van der Waals surface area contributed by atoms with Crippen molar-refractivity contribution in [2.45, 2.75) is 110 Å². The summed E-state index contributed by atoms with van der Waals surface area (Å²) in [7, 11) is 0. The van der Waals surface area contributed by atoms with Crippen LogP contribution in [-0.4, -0.2) is 11.1 Å². The topological polar surface area (TPSA) is 61.1 Å². The van der Waals surface area contributed by atoms with E-state index in [-0.39, 0.29) is 18.3 Å². The minimum atomic E-state index is -0.666. The molecule has 3 heteroatoms. The molecule has 0 aromatic carbocycles. The van der Waals surface area contributed by atoms with Gasteiger partial charge in [-0.1, -0.05) is 65.2 Å². The number of hydrogen-bond donors (Lipinski definition) is 1. The second-order valence-electron chi connectivity index (χ2n) is 9.57. The summed E-state index contributed by atoms with van der Waals surface area (Å²) < 4.78 is 0. The molecule has 0 radical (unpaired) electrons. The van der Waals surface area contributed by atoms with Gasteiger partial charge in [0.15, 0.2) is 0 Å². The Morgan fingerprint density at radius 3 is 2.48 bits per heavy atom. The number of hydrogen-bond acceptors (Lipinski definition) is 2. The molecular formula is C24H41NO2. The summed E-state index contributed by atoms with van der Waals surface area (Å²) in [5.74, 6) is 0.783. The Bertz CT molecular complexity index is 489. The molecule has 2 saturated carbocycles. The van der Waals surface area contributed by atoms with Crippen molar-refractivity contribution in [3.8, 4) is 6.07 Å². The molecule has 0 saturated heterocycles. The Balaban J connectivity index is 2.16. The third-order valence-electron chi connectivity index (χ3n) is 7.73. The highest BCUT2D eigenvalue weighted by atomic mass is 16.4. The van der Waals surface area contributed by atoms with E-state index in [0.29, 0.717) is 17.3 Å². The number of aliphatic carboxylic acids is 1. The average molecular weight is 376 g/mol. The highest BCUT2D eigenvalue weighted by molar-refractivity contribution is 5.67. The second kappa shape index (κ2) is 11.1. The first-order valence-corrected chi connectivity index (χ1v) is 11.6. The van der Waals surface area contributed by atoms with Gasteiger partial charge in [0, 0.05) is 12.3 Å². The standard InChI is InChI=1S/C24H41NO2/c1-3-4-5-6-8-13-24(14-9-7-10-15-24)22-17-20(18-25)11-12-21(22)19(2)16-23(26)27/h19-22H,3-17H2,1-2H3,(H,26,27). The predicted octanol–water partition coefficient (Wildman–Crippen LogP) is 6.96. The Morgan fingerprint density at radius 1 is 1.15 bits per heavy atom. The van der Waals surface area contributed by atoms with Crippen molar-refractivity contribution in [2.24, 2.45) is 29.1 Å². The van der Waals surface area contributed by atoms with Crippen molar-refractivity contribution in [1.82, 2.24) is 0 Å². The van der Waals surface area contributed by atoms with Gasteiger partial charge in [0.1, 0.15) is 0 Å². The maximum Gasteiger partial charge on any atom is 0.303 e. The fourth-order valence-electron chi connectivity index (χ4n) is 6.27. The van der Waals surface area contributed by atoms with Crippen LogP contribution in [0.4, 0.5) is 0 Å². The summed E-state index contributed by atoms with van der Waals surface area (Å²) in [5, 5.41) is 18.9. The minimum absolute atomic E-state index is 0.183. The molecule has 0 aliphatic heterocycles. The molecule has 0 heterocycles. The van der Waals surface area contributed by atoms with Gasteiger partial charge in [0.05, 0.1) is 6.07 Å². The molecule has 0 bridgehead atoms. The molecular weight excluding hydrogens is 334 g/mol. The highest BCUT2D eigenvalue weighted by Gasteiger charge is 2.47. The summed E-state index contributed by atoms with van der Waals surface area (Å²) >= 11 is 0. The zero-order valence-electron chi connectivity index (χ0n) is 17.7. The number of nitrogens with zero attached hydrogens (tertiary/aromatic N) is 1. The third kappa shape index (κ3) is 6.23. The van der Waals surface area contributed by atoms with Crippen LogP contribution in [0, 0.1) is 40.4 Å². The quantitative estimate of drug-likeness (QED) is 0.420. The smallest absolute Gasteiger partial charge is 0.303 e. The van der Waals surface area contributed by atoms with Gasteiger partial charge in [-0.05, 0) is 61.7 Å². The zero-order chi connectivity index (χ0) is 19.7. The summed E-state index contributed by atoms with van der Waals surface area (Å²) in [6, 6.07) is 2.56. The van der Waals surface area contributed by atoms with E-state index in [1.54, 1.807) is 0 Å². The number of carboxylic acid groups (broad SMARTS) is 1. The van der Waals surface area contributed by atoms with Crippen LogP contribution < -0.4 is 0 Å². The molecule has 1 N–H and O–H groups in total. The van der Waals surface area contributed by atoms with E-state index in [2.05, 4.69) is 19.9 Å². The monoisotopic (exact) mass is 375 g/mol. The first-order valence-electron chi connectivity index (χ1n) is 11.6. The molecule has 4 atom stereocenters. The number of carbonyl (C=O) groups is 1. The average Bonchev–Trinajstić information content (AvgIpc) is 2.67. The van der Waals surface area contributed by atoms with Crippen molar-refractivity contribution in [1.29, 1.82) is 5.26 Å². The van der Waals surface area contributed by atoms with E-state index in [1.165, 1.54) is 70.6 Å². The van der Waals surface area contributed by atoms with Crippen molar-refractivity contribution >= 4 is 5.97 Å². The lowest BCUT2D eigenvalue weighted by Gasteiger charge is -2.51. The number of rotatable bonds is 10. The lowest BCUT2D eigenvalue weighted by Crippen LogP contribution is -2.43. The highest BCUT2D eigenvalue weighted by Crippen LogP contribution is 2.56. The lowest BCUT2D eigenvalue weighted by atomic mass is 9.53. The molecule has 154 valence electrons. The second-order valence-corrected chi connectivity index (χ2v) is 9.57. The van der Waals surface area contributed by atoms with Gasteiger partial charge in [0.25, 0.3) is 0 Å². The van der Waals surface area contributed by atoms with Crippen molar-refractivity contribution in [3.63, 3.8) is 0 Å². The van der Waals surface area contributed by atoms with Crippen LogP contribution >= 0.6 is 0 Å². The van der Waals surface area contributed by atoms with E-state index in [4.69, 9.17) is 0 Å². The van der Waals surface area contributed by atoms with E-state index in [9.17, 15) is 15.2 Å². The van der Waals surface area contributed by atoms with Gasteiger partial charge in [-0.2, -0.15) is 5.26 Å². The van der Waals surface area contributed by atoms with Crippen molar-refractivity contribution < 1.29 is 9.90 Å². The molecule has 4 unspecified atom stereocenters. The maximum atomic E-state index is 11.4. The molecule has 27 heavy (non-hydrogen) atoms. The number of carboxylic acids is 1. The first-order chi connectivity index (χ1) is 13.0. The van der Waals surface area contributed by atoms with Crippen LogP contribution in [0.3, 0.4) is 0 Å². The van der Waals surface area contributed by atoms with Crippen LogP contribution in [0.5, 0.6) is 0 Å². The summed E-state index contributed by atoms with van der Waals surface area (Å²) in [5.41, 5.74) is 0.372. The normalized spacial score (nSPS) is 29.0. The van der Waals surface area contributed by atoms with Gasteiger partial charge >= 0.3 is 5.97 Å². The van der Waals surface area contributed by atoms with E-state index in [0.717, 1.165) is 19.3 Å². The fourth-order valence-corrected chi connectivity index (χ4v) is 6.27. The minimum Gasteiger partial charge on any atom is -0.481 e. The van der Waals surface area contributed by atoms with E-state index in [1.807, 2.05) is 0 Å². The van der Waals surface area contributed by atoms with Gasteiger partial charge in [0.2, 0.25) is 0 Å². The number of unbranched alkanes of at least 4 members (excludes halogenated alkanes) is 4. The number of nitriles is 1. The maximum absolute atomic E-state index is 11.4. The molecule has 2 aliphatic rings. The van der Waals surface area contributed by atoms with Crippen LogP contribution in [0.15, 0.2) is 0 Å². The fraction of sp³-hybridized carbons (Fsp3) is 0.917. The summed E-state index contributed by atoms with van der Waals surface area (Å²) in [6.45, 7) is 4.41. The Morgan fingerprint density at radius 2 is 1.85 bits per heavy atom. The van der Waals surface area contributed by atoms with Crippen LogP contribution in [0.1, 0.15) is 110 Å². The van der Waals surface area contributed by atoms with Gasteiger partial charge in [-0.3, -0.25) is 4.79 Å². The predicted molar refractivity (Wildman–Crippen MR) is 110 cm³/mol. The molecule has 3 nitrogen and oxygen atoms in total. The molecule has 0 aromatic heterocycles. The molecule has 2 aliphatic carbocycles. The summed E-state index contributed by atoms with van der Waals surface area (Å²) in [4.78, 5) is 11.4. The van der Waals surface area contributed by atoms with E-state index < -0.39 is 5.97 Å². The van der Waals surface area contributed by atoms with Gasteiger partial charge < -0.3 is 5.11 Å². The van der Waals surface area contributed by atoms with Gasteiger partial charge in [-0.25, -0.2) is 0 Å². The first kappa shape index (κ1) is 22.3. The Labute approximate surface area is 166 Å². The van der Waals surface area contributed by atoms with Crippen LogP contribution in [0.25, 0.3) is 0 Å². The largest absolute Gasteiger partial charge is 0.481 e. The molecule has 0 spiro atoms. The van der Waals surface area contributed by atoms with E-state index >= 15 is 0 Å². The Hall–Kier alpha value is -1.04.